The molecule has 3 fully saturated rings. The van der Waals surface area contributed by atoms with Gasteiger partial charge in [0.1, 0.15) is 5.78 Å². The second-order valence-electron chi connectivity index (χ2n) is 12.7. The van der Waals surface area contributed by atoms with Crippen LogP contribution in [0.25, 0.3) is 0 Å². The minimum Gasteiger partial charge on any atom is -0.390 e. The van der Waals surface area contributed by atoms with Crippen molar-refractivity contribution in [3.63, 3.8) is 0 Å². The number of rotatable bonds is 5. The number of aliphatic hydroxyl groups excluding tert-OH is 2. The van der Waals surface area contributed by atoms with Crippen molar-refractivity contribution in [2.24, 2.45) is 58.2 Å². The van der Waals surface area contributed by atoms with Gasteiger partial charge in [-0.25, -0.2) is 0 Å². The Balaban J connectivity index is 1.55. The van der Waals surface area contributed by atoms with Crippen LogP contribution < -0.4 is 0 Å². The number of carbonyl (C=O) groups excluding carboxylic acids is 1. The first-order valence-electron chi connectivity index (χ1n) is 13.1. The third kappa shape index (κ3) is 3.57. The van der Waals surface area contributed by atoms with E-state index in [9.17, 15) is 15.0 Å². The van der Waals surface area contributed by atoms with Crippen LogP contribution in [0.3, 0.4) is 0 Å². The molecule has 31 heavy (non-hydrogen) atoms. The zero-order valence-electron chi connectivity index (χ0n) is 20.7. The summed E-state index contributed by atoms with van der Waals surface area (Å²) in [5, 5.41) is 22.0. The first-order chi connectivity index (χ1) is 14.5. The van der Waals surface area contributed by atoms with Crippen LogP contribution in [0.2, 0.25) is 0 Å². The maximum Gasteiger partial charge on any atom is 0.137 e. The van der Waals surface area contributed by atoms with Crippen molar-refractivity contribution in [2.45, 2.75) is 98.7 Å². The molecule has 3 heteroatoms. The van der Waals surface area contributed by atoms with Crippen LogP contribution in [0.4, 0.5) is 0 Å². The molecule has 0 saturated heterocycles. The molecule has 0 spiro atoms. The van der Waals surface area contributed by atoms with Crippen LogP contribution in [0.15, 0.2) is 12.2 Å². The monoisotopic (exact) mass is 430 g/mol. The van der Waals surface area contributed by atoms with Gasteiger partial charge in [0, 0.05) is 12.3 Å². The Labute approximate surface area is 190 Å². The van der Waals surface area contributed by atoms with E-state index in [1.54, 1.807) is 0 Å². The summed E-state index contributed by atoms with van der Waals surface area (Å²) in [7, 11) is 0. The maximum absolute atomic E-state index is 13.2. The Bertz CT molecular complexity index is 713. The van der Waals surface area contributed by atoms with Gasteiger partial charge in [0.05, 0.1) is 12.2 Å². The molecule has 0 aromatic carbocycles. The van der Waals surface area contributed by atoms with Crippen molar-refractivity contribution in [3.05, 3.63) is 12.2 Å². The van der Waals surface area contributed by atoms with Crippen LogP contribution >= 0.6 is 0 Å². The number of aliphatic hydroxyl groups is 2. The van der Waals surface area contributed by atoms with E-state index >= 15 is 0 Å². The molecule has 0 heterocycles. The fraction of sp³-hybridized carbons (Fsp3) is 0.893. The molecular weight excluding hydrogens is 384 g/mol. The lowest BCUT2D eigenvalue weighted by molar-refractivity contribution is -0.151. The summed E-state index contributed by atoms with van der Waals surface area (Å²) < 4.78 is 0. The van der Waals surface area contributed by atoms with Gasteiger partial charge in [-0.1, -0.05) is 53.7 Å². The average molecular weight is 431 g/mol. The third-order valence-corrected chi connectivity index (χ3v) is 11.2. The summed E-state index contributed by atoms with van der Waals surface area (Å²) in [5.41, 5.74) is 0.318. The molecule has 4 aliphatic carbocycles. The van der Waals surface area contributed by atoms with Crippen molar-refractivity contribution in [1.29, 1.82) is 0 Å². The standard InChI is InChI=1S/C28H46O3/c1-16(2)17(3)25(30)26(31)18(4)20-10-11-21-19-15-24(29)23-9-7-8-13-27(23,5)22(19)12-14-28(20,21)6/h7-8,16-23,25-26,30-31H,9-15H2,1-6H3/t17-,18+,19+,20?,21?,22?,23-,25-,26-,27-,28-/m1/s1. The number of allylic oxidation sites excluding steroid dienone is 2. The lowest BCUT2D eigenvalue weighted by Crippen LogP contribution is -2.56. The minimum absolute atomic E-state index is 0.0861. The molecule has 11 atom stereocenters. The molecule has 0 aromatic rings. The molecule has 0 aromatic heterocycles. The lowest BCUT2D eigenvalue weighted by Gasteiger charge is -2.59. The zero-order valence-corrected chi connectivity index (χ0v) is 20.7. The van der Waals surface area contributed by atoms with E-state index in [0.717, 1.165) is 25.7 Å². The first-order valence-corrected chi connectivity index (χ1v) is 13.1. The van der Waals surface area contributed by atoms with Crippen LogP contribution in [0.1, 0.15) is 86.5 Å². The van der Waals surface area contributed by atoms with Gasteiger partial charge < -0.3 is 10.2 Å². The SMILES string of the molecule is CC(C)[C@@H](C)[C@@H](O)[C@H](O)[C@@H](C)C1CCC2[C@@H]3CC(=O)[C@H]4CC=CC[C@]4(C)C3CC[C@@]21C. The predicted octanol–water partition coefficient (Wildman–Crippen LogP) is 5.64. The van der Waals surface area contributed by atoms with Gasteiger partial charge in [0.25, 0.3) is 0 Å². The number of fused-ring (bicyclic) bond motifs is 5. The molecular formula is C28H46O3. The largest absolute Gasteiger partial charge is 0.390 e. The molecule has 176 valence electrons. The smallest absolute Gasteiger partial charge is 0.137 e. The number of hydrogen-bond acceptors (Lipinski definition) is 3. The Morgan fingerprint density at radius 2 is 1.61 bits per heavy atom. The van der Waals surface area contributed by atoms with Crippen LogP contribution in [0.5, 0.6) is 0 Å². The highest BCUT2D eigenvalue weighted by atomic mass is 16.3. The van der Waals surface area contributed by atoms with Gasteiger partial charge in [-0.3, -0.25) is 4.79 Å². The summed E-state index contributed by atoms with van der Waals surface area (Å²) in [6, 6.07) is 0. The number of carbonyl (C=O) groups is 1. The van der Waals surface area contributed by atoms with Crippen LogP contribution in [-0.2, 0) is 4.79 Å². The minimum atomic E-state index is -0.672. The number of Topliss-reactive ketones (excluding diaryl/α,β-unsaturated/α-hetero) is 1. The molecule has 0 radical (unpaired) electrons. The van der Waals surface area contributed by atoms with E-state index in [2.05, 4.69) is 53.7 Å². The highest BCUT2D eigenvalue weighted by molar-refractivity contribution is 5.83. The molecule has 2 N–H and O–H groups in total. The van der Waals surface area contributed by atoms with E-state index < -0.39 is 12.2 Å². The predicted molar refractivity (Wildman–Crippen MR) is 125 cm³/mol. The number of hydrogen-bond donors (Lipinski definition) is 2. The molecule has 4 rings (SSSR count). The topological polar surface area (TPSA) is 57.5 Å². The van der Waals surface area contributed by atoms with Crippen molar-refractivity contribution < 1.29 is 15.0 Å². The summed E-state index contributed by atoms with van der Waals surface area (Å²) in [6.45, 7) is 13.3. The Morgan fingerprint density at radius 3 is 2.29 bits per heavy atom. The molecule has 0 aliphatic heterocycles. The summed E-state index contributed by atoms with van der Waals surface area (Å²) in [5.74, 6) is 3.44. The first kappa shape index (κ1) is 23.5. The van der Waals surface area contributed by atoms with E-state index in [-0.39, 0.29) is 28.6 Å². The van der Waals surface area contributed by atoms with Crippen molar-refractivity contribution in [3.8, 4) is 0 Å². The van der Waals surface area contributed by atoms with E-state index in [0.29, 0.717) is 35.4 Å². The summed E-state index contributed by atoms with van der Waals surface area (Å²) in [4.78, 5) is 13.2. The summed E-state index contributed by atoms with van der Waals surface area (Å²) in [6.07, 6.45) is 10.7. The highest BCUT2D eigenvalue weighted by Crippen LogP contribution is 2.67. The van der Waals surface area contributed by atoms with Crippen molar-refractivity contribution in [2.75, 3.05) is 0 Å². The van der Waals surface area contributed by atoms with Crippen molar-refractivity contribution in [1.82, 2.24) is 0 Å². The van der Waals surface area contributed by atoms with Gasteiger partial charge in [0.2, 0.25) is 0 Å². The fourth-order valence-electron chi connectivity index (χ4n) is 8.81. The van der Waals surface area contributed by atoms with E-state index in [1.165, 1.54) is 19.3 Å². The summed E-state index contributed by atoms with van der Waals surface area (Å²) >= 11 is 0. The fourth-order valence-corrected chi connectivity index (χ4v) is 8.81. The van der Waals surface area contributed by atoms with Gasteiger partial charge >= 0.3 is 0 Å². The molecule has 3 saturated carbocycles. The normalized spacial score (nSPS) is 46.1. The van der Waals surface area contributed by atoms with Crippen molar-refractivity contribution >= 4 is 5.78 Å². The van der Waals surface area contributed by atoms with Crippen LogP contribution in [-0.4, -0.2) is 28.2 Å². The van der Waals surface area contributed by atoms with Gasteiger partial charge in [-0.2, -0.15) is 0 Å². The van der Waals surface area contributed by atoms with E-state index in [4.69, 9.17) is 0 Å². The number of ketones is 1. The van der Waals surface area contributed by atoms with Gasteiger partial charge in [-0.05, 0) is 90.8 Å². The molecule has 3 unspecified atom stereocenters. The maximum atomic E-state index is 13.2. The quantitative estimate of drug-likeness (QED) is 0.555. The van der Waals surface area contributed by atoms with Gasteiger partial charge in [-0.15, -0.1) is 0 Å². The lowest BCUT2D eigenvalue weighted by atomic mass is 9.45. The molecule has 0 amide bonds. The second kappa shape index (κ2) is 8.28. The Hall–Kier alpha value is -0.670. The Morgan fingerprint density at radius 1 is 0.935 bits per heavy atom. The third-order valence-electron chi connectivity index (χ3n) is 11.2. The zero-order chi connectivity index (χ0) is 22.7. The Kier molecular flexibility index (Phi) is 6.27. The molecule has 0 bridgehead atoms. The van der Waals surface area contributed by atoms with Crippen LogP contribution in [0, 0.1) is 58.2 Å². The van der Waals surface area contributed by atoms with E-state index in [1.807, 2.05) is 0 Å². The average Bonchev–Trinajstić information content (AvgIpc) is 3.08. The van der Waals surface area contributed by atoms with Gasteiger partial charge in [0.15, 0.2) is 0 Å². The molecule has 3 nitrogen and oxygen atoms in total. The second-order valence-corrected chi connectivity index (χ2v) is 12.7. The molecule has 4 aliphatic rings. The highest BCUT2D eigenvalue weighted by Gasteiger charge is 2.62.